The van der Waals surface area contributed by atoms with Gasteiger partial charge in [-0.25, -0.2) is 0 Å². The first-order valence-electron chi connectivity index (χ1n) is 9.43. The van der Waals surface area contributed by atoms with Gasteiger partial charge in [0, 0.05) is 32.2 Å². The highest BCUT2D eigenvalue weighted by atomic mass is 16.5. The number of nitrogens with one attached hydrogen (secondary N) is 1. The van der Waals surface area contributed by atoms with Gasteiger partial charge in [-0.1, -0.05) is 19.1 Å². The van der Waals surface area contributed by atoms with Crippen LogP contribution in [0.3, 0.4) is 0 Å². The molecule has 0 aromatic heterocycles. The first kappa shape index (κ1) is 20.2. The smallest absolute Gasteiger partial charge is 0.263 e. The number of carbonyl (C=O) groups is 2. The third-order valence-corrected chi connectivity index (χ3v) is 4.72. The Hall–Kier alpha value is -2.08. The predicted octanol–water partition coefficient (Wildman–Crippen LogP) is 1.82. The molecular formula is C20H31N3O3. The molecule has 2 atom stereocenters. The van der Waals surface area contributed by atoms with Gasteiger partial charge in [-0.3, -0.25) is 14.5 Å². The van der Waals surface area contributed by atoms with E-state index in [0.29, 0.717) is 38.5 Å². The summed E-state index contributed by atoms with van der Waals surface area (Å²) in [6.07, 6.45) is 0.407. The monoisotopic (exact) mass is 361 g/mol. The van der Waals surface area contributed by atoms with E-state index in [1.165, 1.54) is 0 Å². The molecule has 1 aliphatic heterocycles. The number of nitrogens with zero attached hydrogens (tertiary/aromatic N) is 2. The van der Waals surface area contributed by atoms with E-state index in [4.69, 9.17) is 4.74 Å². The Bertz CT molecular complexity index is 612. The van der Waals surface area contributed by atoms with E-state index in [9.17, 15) is 9.59 Å². The number of rotatable bonds is 7. The highest BCUT2D eigenvalue weighted by Crippen LogP contribution is 2.15. The van der Waals surface area contributed by atoms with Crippen LogP contribution in [0.1, 0.15) is 32.8 Å². The molecule has 0 bridgehead atoms. The molecule has 1 heterocycles. The minimum absolute atomic E-state index is 0.00443. The Morgan fingerprint density at radius 2 is 1.88 bits per heavy atom. The second-order valence-electron chi connectivity index (χ2n) is 7.05. The summed E-state index contributed by atoms with van der Waals surface area (Å²) >= 11 is 0. The Labute approximate surface area is 156 Å². The maximum Gasteiger partial charge on any atom is 0.263 e. The summed E-state index contributed by atoms with van der Waals surface area (Å²) in [6.45, 7) is 10.9. The molecular weight excluding hydrogens is 330 g/mol. The second-order valence-corrected chi connectivity index (χ2v) is 7.05. The van der Waals surface area contributed by atoms with Crippen LogP contribution in [-0.4, -0.2) is 66.5 Å². The van der Waals surface area contributed by atoms with Gasteiger partial charge in [-0.15, -0.1) is 0 Å². The number of amides is 2. The van der Waals surface area contributed by atoms with E-state index in [-0.39, 0.29) is 17.9 Å². The molecule has 6 heteroatoms. The van der Waals surface area contributed by atoms with Gasteiger partial charge < -0.3 is 15.0 Å². The van der Waals surface area contributed by atoms with E-state index in [1.54, 1.807) is 6.92 Å². The highest BCUT2D eigenvalue weighted by molar-refractivity contribution is 5.81. The van der Waals surface area contributed by atoms with Crippen LogP contribution in [0.25, 0.3) is 0 Å². The standard InChI is InChI=1S/C20H31N3O3/c1-5-16(3)21-19(24)14-22-9-11-23(12-10-22)20(25)17(4)26-18-8-6-7-15(2)13-18/h6-8,13,16-17H,5,9-12,14H2,1-4H3,(H,21,24). The summed E-state index contributed by atoms with van der Waals surface area (Å²) in [6, 6.07) is 7.91. The van der Waals surface area contributed by atoms with Crippen molar-refractivity contribution in [1.29, 1.82) is 0 Å². The lowest BCUT2D eigenvalue weighted by Crippen LogP contribution is -2.53. The molecule has 1 N–H and O–H groups in total. The van der Waals surface area contributed by atoms with E-state index in [0.717, 1.165) is 12.0 Å². The Balaban J connectivity index is 1.77. The summed E-state index contributed by atoms with van der Waals surface area (Å²) in [4.78, 5) is 28.5. The van der Waals surface area contributed by atoms with Crippen LogP contribution in [-0.2, 0) is 9.59 Å². The van der Waals surface area contributed by atoms with Gasteiger partial charge in [0.2, 0.25) is 5.91 Å². The van der Waals surface area contributed by atoms with Crippen molar-refractivity contribution in [2.24, 2.45) is 0 Å². The summed E-state index contributed by atoms with van der Waals surface area (Å²) < 4.78 is 5.79. The molecule has 1 saturated heterocycles. The lowest BCUT2D eigenvalue weighted by Gasteiger charge is -2.35. The maximum atomic E-state index is 12.6. The third kappa shape index (κ3) is 6.02. The molecule has 0 saturated carbocycles. The molecule has 1 aromatic carbocycles. The minimum Gasteiger partial charge on any atom is -0.481 e. The van der Waals surface area contributed by atoms with Gasteiger partial charge in [-0.2, -0.15) is 0 Å². The number of hydrogen-bond acceptors (Lipinski definition) is 4. The topological polar surface area (TPSA) is 61.9 Å². The molecule has 0 spiro atoms. The number of ether oxygens (including phenoxy) is 1. The number of hydrogen-bond donors (Lipinski definition) is 1. The van der Waals surface area contributed by atoms with Crippen molar-refractivity contribution >= 4 is 11.8 Å². The van der Waals surface area contributed by atoms with Crippen LogP contribution in [0.2, 0.25) is 0 Å². The van der Waals surface area contributed by atoms with Crippen molar-refractivity contribution in [2.45, 2.75) is 46.3 Å². The summed E-state index contributed by atoms with van der Waals surface area (Å²) in [5.41, 5.74) is 1.10. The van der Waals surface area contributed by atoms with Gasteiger partial charge in [0.25, 0.3) is 5.91 Å². The average Bonchev–Trinajstić information content (AvgIpc) is 2.61. The zero-order chi connectivity index (χ0) is 19.1. The van der Waals surface area contributed by atoms with E-state index >= 15 is 0 Å². The van der Waals surface area contributed by atoms with Crippen molar-refractivity contribution in [3.8, 4) is 5.75 Å². The molecule has 144 valence electrons. The number of carbonyl (C=O) groups excluding carboxylic acids is 2. The lowest BCUT2D eigenvalue weighted by atomic mass is 10.2. The Morgan fingerprint density at radius 3 is 2.50 bits per heavy atom. The normalized spacial score (nSPS) is 17.5. The van der Waals surface area contributed by atoms with Gasteiger partial charge in [0.15, 0.2) is 6.10 Å². The van der Waals surface area contributed by atoms with Crippen molar-refractivity contribution in [1.82, 2.24) is 15.1 Å². The molecule has 2 unspecified atom stereocenters. The van der Waals surface area contributed by atoms with Crippen LogP contribution >= 0.6 is 0 Å². The predicted molar refractivity (Wildman–Crippen MR) is 102 cm³/mol. The van der Waals surface area contributed by atoms with Crippen molar-refractivity contribution < 1.29 is 14.3 Å². The van der Waals surface area contributed by atoms with Gasteiger partial charge >= 0.3 is 0 Å². The van der Waals surface area contributed by atoms with Crippen LogP contribution in [0, 0.1) is 6.92 Å². The van der Waals surface area contributed by atoms with Crippen LogP contribution in [0.5, 0.6) is 5.75 Å². The first-order valence-corrected chi connectivity index (χ1v) is 9.43. The third-order valence-electron chi connectivity index (χ3n) is 4.72. The van der Waals surface area contributed by atoms with Crippen molar-refractivity contribution in [3.05, 3.63) is 29.8 Å². The fourth-order valence-electron chi connectivity index (χ4n) is 2.95. The molecule has 1 aliphatic rings. The molecule has 2 rings (SSSR count). The zero-order valence-corrected chi connectivity index (χ0v) is 16.3. The minimum atomic E-state index is -0.517. The molecule has 0 radical (unpaired) electrons. The van der Waals surface area contributed by atoms with Crippen LogP contribution < -0.4 is 10.1 Å². The maximum absolute atomic E-state index is 12.6. The summed E-state index contributed by atoms with van der Waals surface area (Å²) in [5, 5.41) is 2.98. The average molecular weight is 361 g/mol. The van der Waals surface area contributed by atoms with Crippen molar-refractivity contribution in [2.75, 3.05) is 32.7 Å². The molecule has 26 heavy (non-hydrogen) atoms. The fourth-order valence-corrected chi connectivity index (χ4v) is 2.95. The van der Waals surface area contributed by atoms with Crippen LogP contribution in [0.15, 0.2) is 24.3 Å². The Kier molecular flexibility index (Phi) is 7.45. The first-order chi connectivity index (χ1) is 12.4. The summed E-state index contributed by atoms with van der Waals surface area (Å²) in [5.74, 6) is 0.761. The van der Waals surface area contributed by atoms with Crippen LogP contribution in [0.4, 0.5) is 0 Å². The van der Waals surface area contributed by atoms with Gasteiger partial charge in [-0.05, 0) is 44.9 Å². The Morgan fingerprint density at radius 1 is 1.19 bits per heavy atom. The highest BCUT2D eigenvalue weighted by Gasteiger charge is 2.26. The lowest BCUT2D eigenvalue weighted by molar-refractivity contribution is -0.139. The number of aryl methyl sites for hydroxylation is 1. The quantitative estimate of drug-likeness (QED) is 0.805. The number of benzene rings is 1. The molecule has 1 aromatic rings. The molecule has 0 aliphatic carbocycles. The fraction of sp³-hybridized carbons (Fsp3) is 0.600. The zero-order valence-electron chi connectivity index (χ0n) is 16.3. The van der Waals surface area contributed by atoms with Gasteiger partial charge in [0.1, 0.15) is 5.75 Å². The van der Waals surface area contributed by atoms with E-state index in [1.807, 2.05) is 43.0 Å². The SMILES string of the molecule is CCC(C)NC(=O)CN1CCN(C(=O)C(C)Oc2cccc(C)c2)CC1. The van der Waals surface area contributed by atoms with E-state index in [2.05, 4.69) is 17.1 Å². The molecule has 1 fully saturated rings. The number of piperazine rings is 1. The van der Waals surface area contributed by atoms with Gasteiger partial charge in [0.05, 0.1) is 6.54 Å². The molecule has 2 amide bonds. The van der Waals surface area contributed by atoms with E-state index < -0.39 is 6.10 Å². The summed E-state index contributed by atoms with van der Waals surface area (Å²) in [7, 11) is 0. The largest absolute Gasteiger partial charge is 0.481 e. The second kappa shape index (κ2) is 9.57. The van der Waals surface area contributed by atoms with Crippen molar-refractivity contribution in [3.63, 3.8) is 0 Å². The molecule has 6 nitrogen and oxygen atoms in total.